The molecule has 0 saturated carbocycles. The van der Waals surface area contributed by atoms with Crippen LogP contribution in [0.15, 0.2) is 12.4 Å². The Morgan fingerprint density at radius 1 is 1.69 bits per heavy atom. The number of carbonyl (C=O) groups excluding carboxylic acids is 1. The van der Waals surface area contributed by atoms with Gasteiger partial charge in [-0.2, -0.15) is 5.10 Å². The summed E-state index contributed by atoms with van der Waals surface area (Å²) in [5.41, 5.74) is 0.936. The summed E-state index contributed by atoms with van der Waals surface area (Å²) < 4.78 is 0. The third kappa shape index (κ3) is 2.73. The molecule has 1 aromatic rings. The molecule has 2 N–H and O–H groups in total. The van der Waals surface area contributed by atoms with E-state index in [4.69, 9.17) is 11.6 Å². The number of alkyl halides is 1. The molecule has 1 heterocycles. The molecule has 0 bridgehead atoms. The normalized spacial score (nSPS) is 15.0. The van der Waals surface area contributed by atoms with Crippen LogP contribution in [0.25, 0.3) is 0 Å². The standard InChI is InChI=1S/C8H12ClN3O/c1-5(9)8(13)12-6(2)7-3-10-11-4-7/h3-6H,1-2H3,(H,10,11)(H,12,13). The number of hydrogen-bond donors (Lipinski definition) is 2. The summed E-state index contributed by atoms with van der Waals surface area (Å²) in [6, 6.07) is -0.0625. The Morgan fingerprint density at radius 2 is 2.38 bits per heavy atom. The SMILES string of the molecule is CC(Cl)C(=O)NC(C)c1cn[nH]c1. The summed E-state index contributed by atoms with van der Waals surface area (Å²) in [5.74, 6) is -0.171. The maximum atomic E-state index is 11.2. The van der Waals surface area contributed by atoms with E-state index in [2.05, 4.69) is 15.5 Å². The van der Waals surface area contributed by atoms with Gasteiger partial charge in [-0.05, 0) is 13.8 Å². The Kier molecular flexibility index (Phi) is 3.31. The molecule has 0 fully saturated rings. The summed E-state index contributed by atoms with van der Waals surface area (Å²) >= 11 is 5.60. The first-order chi connectivity index (χ1) is 6.11. The molecular formula is C8H12ClN3O. The van der Waals surface area contributed by atoms with Crippen LogP contribution in [-0.2, 0) is 4.79 Å². The largest absolute Gasteiger partial charge is 0.348 e. The van der Waals surface area contributed by atoms with Crippen molar-refractivity contribution in [1.29, 1.82) is 0 Å². The molecule has 0 aromatic carbocycles. The molecule has 0 saturated heterocycles. The maximum absolute atomic E-state index is 11.2. The molecule has 1 amide bonds. The lowest BCUT2D eigenvalue weighted by Gasteiger charge is -2.12. The van der Waals surface area contributed by atoms with Crippen LogP contribution in [0.2, 0.25) is 0 Å². The van der Waals surface area contributed by atoms with Crippen molar-refractivity contribution in [2.75, 3.05) is 0 Å². The first-order valence-corrected chi connectivity index (χ1v) is 4.48. The molecule has 0 radical (unpaired) electrons. The number of nitrogens with zero attached hydrogens (tertiary/aromatic N) is 1. The molecule has 0 aliphatic carbocycles. The minimum Gasteiger partial charge on any atom is -0.348 e. The van der Waals surface area contributed by atoms with E-state index in [0.29, 0.717) is 0 Å². The smallest absolute Gasteiger partial charge is 0.238 e. The van der Waals surface area contributed by atoms with E-state index in [0.717, 1.165) is 5.56 Å². The van der Waals surface area contributed by atoms with Crippen molar-refractivity contribution >= 4 is 17.5 Å². The van der Waals surface area contributed by atoms with Gasteiger partial charge in [0.25, 0.3) is 0 Å². The quantitative estimate of drug-likeness (QED) is 0.723. The lowest BCUT2D eigenvalue weighted by Crippen LogP contribution is -2.31. The second-order valence-corrected chi connectivity index (χ2v) is 3.53. The fourth-order valence-corrected chi connectivity index (χ4v) is 0.972. The van der Waals surface area contributed by atoms with Gasteiger partial charge in [-0.1, -0.05) is 0 Å². The van der Waals surface area contributed by atoms with Gasteiger partial charge >= 0.3 is 0 Å². The van der Waals surface area contributed by atoms with Gasteiger partial charge in [0, 0.05) is 11.8 Å². The van der Waals surface area contributed by atoms with Crippen LogP contribution < -0.4 is 5.32 Å². The summed E-state index contributed by atoms with van der Waals surface area (Å²) in [7, 11) is 0. The lowest BCUT2D eigenvalue weighted by atomic mass is 10.2. The molecule has 2 atom stereocenters. The fraction of sp³-hybridized carbons (Fsp3) is 0.500. The number of aromatic nitrogens is 2. The first kappa shape index (κ1) is 10.1. The van der Waals surface area contributed by atoms with E-state index in [9.17, 15) is 4.79 Å². The van der Waals surface area contributed by atoms with Crippen LogP contribution in [0.1, 0.15) is 25.5 Å². The zero-order chi connectivity index (χ0) is 9.84. The Hall–Kier alpha value is -1.03. The molecule has 0 aliphatic heterocycles. The number of amides is 1. The highest BCUT2D eigenvalue weighted by molar-refractivity contribution is 6.30. The van der Waals surface area contributed by atoms with Crippen molar-refractivity contribution in [3.63, 3.8) is 0 Å². The van der Waals surface area contributed by atoms with Crippen LogP contribution in [0.5, 0.6) is 0 Å². The fourth-order valence-electron chi connectivity index (χ4n) is 0.909. The number of aromatic amines is 1. The predicted octanol–water partition coefficient (Wildman–Crippen LogP) is 1.21. The summed E-state index contributed by atoms with van der Waals surface area (Å²) in [4.78, 5) is 11.2. The Balaban J connectivity index is 2.51. The number of H-pyrrole nitrogens is 1. The average molecular weight is 202 g/mol. The van der Waals surface area contributed by atoms with Crippen molar-refractivity contribution in [3.8, 4) is 0 Å². The third-order valence-corrected chi connectivity index (χ3v) is 1.94. The van der Waals surface area contributed by atoms with Gasteiger partial charge in [0.1, 0.15) is 5.38 Å². The van der Waals surface area contributed by atoms with Crippen molar-refractivity contribution in [1.82, 2.24) is 15.5 Å². The average Bonchev–Trinajstić information content (AvgIpc) is 2.55. The van der Waals surface area contributed by atoms with Crippen LogP contribution in [0.4, 0.5) is 0 Å². The Bertz CT molecular complexity index is 271. The predicted molar refractivity (Wildman–Crippen MR) is 50.5 cm³/mol. The lowest BCUT2D eigenvalue weighted by molar-refractivity contribution is -0.121. The van der Waals surface area contributed by atoms with Gasteiger partial charge < -0.3 is 5.32 Å². The van der Waals surface area contributed by atoms with E-state index >= 15 is 0 Å². The van der Waals surface area contributed by atoms with Crippen molar-refractivity contribution in [2.24, 2.45) is 0 Å². The topological polar surface area (TPSA) is 57.8 Å². The van der Waals surface area contributed by atoms with Crippen molar-refractivity contribution < 1.29 is 4.79 Å². The molecule has 0 spiro atoms. The van der Waals surface area contributed by atoms with E-state index in [1.54, 1.807) is 19.3 Å². The van der Waals surface area contributed by atoms with Gasteiger partial charge in [0.05, 0.1) is 12.2 Å². The minimum absolute atomic E-state index is 0.0625. The second kappa shape index (κ2) is 4.28. The van der Waals surface area contributed by atoms with Crippen LogP contribution in [0, 0.1) is 0 Å². The van der Waals surface area contributed by atoms with E-state index in [1.165, 1.54) is 0 Å². The Labute approximate surface area is 81.7 Å². The zero-order valence-corrected chi connectivity index (χ0v) is 8.30. The maximum Gasteiger partial charge on any atom is 0.238 e. The number of halogens is 1. The molecule has 5 heteroatoms. The molecule has 72 valence electrons. The van der Waals surface area contributed by atoms with Crippen LogP contribution in [-0.4, -0.2) is 21.5 Å². The monoisotopic (exact) mass is 201 g/mol. The van der Waals surface area contributed by atoms with Gasteiger partial charge in [-0.25, -0.2) is 0 Å². The van der Waals surface area contributed by atoms with Crippen molar-refractivity contribution in [2.45, 2.75) is 25.3 Å². The van der Waals surface area contributed by atoms with Gasteiger partial charge in [0.15, 0.2) is 0 Å². The molecule has 0 aliphatic rings. The zero-order valence-electron chi connectivity index (χ0n) is 7.54. The van der Waals surface area contributed by atoms with Crippen molar-refractivity contribution in [3.05, 3.63) is 18.0 Å². The van der Waals surface area contributed by atoms with Gasteiger partial charge in [-0.3, -0.25) is 9.89 Å². The number of nitrogens with one attached hydrogen (secondary N) is 2. The second-order valence-electron chi connectivity index (χ2n) is 2.88. The van der Waals surface area contributed by atoms with Crippen LogP contribution in [0.3, 0.4) is 0 Å². The summed E-state index contributed by atoms with van der Waals surface area (Å²) in [6.45, 7) is 3.51. The van der Waals surface area contributed by atoms with E-state index in [-0.39, 0.29) is 11.9 Å². The van der Waals surface area contributed by atoms with Crippen LogP contribution >= 0.6 is 11.6 Å². The molecule has 1 rings (SSSR count). The first-order valence-electron chi connectivity index (χ1n) is 4.04. The highest BCUT2D eigenvalue weighted by Crippen LogP contribution is 2.09. The number of hydrogen-bond acceptors (Lipinski definition) is 2. The summed E-state index contributed by atoms with van der Waals surface area (Å²) in [5, 5.41) is 8.71. The highest BCUT2D eigenvalue weighted by atomic mass is 35.5. The molecule has 13 heavy (non-hydrogen) atoms. The number of carbonyl (C=O) groups is 1. The summed E-state index contributed by atoms with van der Waals surface area (Å²) in [6.07, 6.45) is 3.41. The van der Waals surface area contributed by atoms with Gasteiger partial charge in [0.2, 0.25) is 5.91 Å². The molecule has 2 unspecified atom stereocenters. The van der Waals surface area contributed by atoms with E-state index < -0.39 is 5.38 Å². The molecular weight excluding hydrogens is 190 g/mol. The van der Waals surface area contributed by atoms with E-state index in [1.807, 2.05) is 6.92 Å². The minimum atomic E-state index is -0.505. The number of rotatable bonds is 3. The highest BCUT2D eigenvalue weighted by Gasteiger charge is 2.13. The molecule has 4 nitrogen and oxygen atoms in total. The molecule has 1 aromatic heterocycles. The Morgan fingerprint density at radius 3 is 2.85 bits per heavy atom. The van der Waals surface area contributed by atoms with Gasteiger partial charge in [-0.15, -0.1) is 11.6 Å². The third-order valence-electron chi connectivity index (χ3n) is 1.74.